The first-order chi connectivity index (χ1) is 14.8. The van der Waals surface area contributed by atoms with Gasteiger partial charge in [0, 0.05) is 17.8 Å². The normalized spacial score (nSPS) is 13.4. The van der Waals surface area contributed by atoms with Gasteiger partial charge in [-0.1, -0.05) is 78.1 Å². The predicted molar refractivity (Wildman–Crippen MR) is 129 cm³/mol. The van der Waals surface area contributed by atoms with E-state index in [1.54, 1.807) is 6.92 Å². The van der Waals surface area contributed by atoms with Crippen LogP contribution in [0.5, 0.6) is 0 Å². The molecular weight excluding hydrogens is 413 g/mol. The molecule has 0 saturated carbocycles. The van der Waals surface area contributed by atoms with Crippen LogP contribution in [0.15, 0.2) is 121 Å². The van der Waals surface area contributed by atoms with Crippen molar-refractivity contribution in [3.8, 4) is 0 Å². The van der Waals surface area contributed by atoms with Gasteiger partial charge in [0.1, 0.15) is 12.4 Å². The van der Waals surface area contributed by atoms with Crippen LogP contribution in [0.4, 0.5) is 13.2 Å². The summed E-state index contributed by atoms with van der Waals surface area (Å²) >= 11 is 0. The molecule has 0 amide bonds. The first kappa shape index (κ1) is 28.9. The van der Waals surface area contributed by atoms with E-state index in [4.69, 9.17) is 9.47 Å². The highest BCUT2D eigenvalue weighted by Crippen LogP contribution is 2.27. The van der Waals surface area contributed by atoms with Crippen LogP contribution in [0, 0.1) is 5.92 Å². The van der Waals surface area contributed by atoms with Crippen LogP contribution in [0.2, 0.25) is 0 Å². The van der Waals surface area contributed by atoms with Gasteiger partial charge in [0.15, 0.2) is 11.6 Å². The lowest BCUT2D eigenvalue weighted by Crippen LogP contribution is -2.15. The number of ether oxygens (including phenoxy) is 2. The fourth-order valence-electron chi connectivity index (χ4n) is 2.00. The molecular formula is C27H33F3O2. The molecule has 0 fully saturated rings. The van der Waals surface area contributed by atoms with Crippen LogP contribution < -0.4 is 0 Å². The van der Waals surface area contributed by atoms with Gasteiger partial charge >= 0.3 is 0 Å². The number of allylic oxidation sites excluding steroid dienone is 9. The quantitative estimate of drug-likeness (QED) is 0.144. The lowest BCUT2D eigenvalue weighted by molar-refractivity contribution is 0.0693. The van der Waals surface area contributed by atoms with Gasteiger partial charge in [-0.25, -0.2) is 8.78 Å². The Labute approximate surface area is 190 Å². The van der Waals surface area contributed by atoms with Crippen LogP contribution in [0.25, 0.3) is 0 Å². The molecule has 0 rings (SSSR count). The molecule has 174 valence electrons. The fraction of sp³-hybridized carbons (Fsp3) is 0.259. The Morgan fingerprint density at radius 3 is 1.94 bits per heavy atom. The predicted octanol–water partition coefficient (Wildman–Crippen LogP) is 8.11. The van der Waals surface area contributed by atoms with Crippen molar-refractivity contribution in [2.45, 2.75) is 26.9 Å². The number of hydrogen-bond acceptors (Lipinski definition) is 2. The molecule has 2 nitrogen and oxygen atoms in total. The van der Waals surface area contributed by atoms with Crippen LogP contribution >= 0.6 is 0 Å². The van der Waals surface area contributed by atoms with Crippen molar-refractivity contribution in [3.63, 3.8) is 0 Å². The van der Waals surface area contributed by atoms with Crippen LogP contribution in [0.1, 0.15) is 20.8 Å². The van der Waals surface area contributed by atoms with Crippen molar-refractivity contribution in [2.75, 3.05) is 13.2 Å². The van der Waals surface area contributed by atoms with Gasteiger partial charge in [-0.3, -0.25) is 0 Å². The van der Waals surface area contributed by atoms with Crippen molar-refractivity contribution in [1.29, 1.82) is 0 Å². The third-order valence-electron chi connectivity index (χ3n) is 4.14. The maximum absolute atomic E-state index is 14.5. The van der Waals surface area contributed by atoms with E-state index in [1.807, 2.05) is 13.8 Å². The summed E-state index contributed by atoms with van der Waals surface area (Å²) in [6.07, 6.45) is 4.86. The Morgan fingerprint density at radius 2 is 1.41 bits per heavy atom. The van der Waals surface area contributed by atoms with Gasteiger partial charge in [-0.15, -0.1) is 0 Å². The molecule has 0 aliphatic rings. The molecule has 0 heterocycles. The summed E-state index contributed by atoms with van der Waals surface area (Å²) in [5, 5.41) is 0. The van der Waals surface area contributed by atoms with E-state index in [9.17, 15) is 13.2 Å². The van der Waals surface area contributed by atoms with Crippen molar-refractivity contribution in [2.24, 2.45) is 5.92 Å². The van der Waals surface area contributed by atoms with Crippen molar-refractivity contribution in [3.05, 3.63) is 121 Å². The summed E-state index contributed by atoms with van der Waals surface area (Å²) in [6.45, 7) is 31.3. The number of hydrogen-bond donors (Lipinski definition) is 0. The summed E-state index contributed by atoms with van der Waals surface area (Å²) in [6, 6.07) is 0. The molecule has 0 spiro atoms. The first-order valence-corrected chi connectivity index (χ1v) is 9.94. The summed E-state index contributed by atoms with van der Waals surface area (Å²) in [4.78, 5) is 0. The third-order valence-corrected chi connectivity index (χ3v) is 4.14. The summed E-state index contributed by atoms with van der Waals surface area (Å²) in [5.74, 6) is -3.29. The second-order valence-corrected chi connectivity index (χ2v) is 7.43. The van der Waals surface area contributed by atoms with Gasteiger partial charge in [-0.05, 0) is 35.6 Å². The lowest BCUT2D eigenvalue weighted by atomic mass is 10.0. The molecule has 0 N–H and O–H groups in total. The zero-order chi connectivity index (χ0) is 25.0. The van der Waals surface area contributed by atoms with E-state index in [2.05, 4.69) is 46.1 Å². The van der Waals surface area contributed by atoms with E-state index < -0.39 is 29.3 Å². The molecule has 0 saturated heterocycles. The second kappa shape index (κ2) is 14.1. The van der Waals surface area contributed by atoms with Gasteiger partial charge in [-0.2, -0.15) is 4.39 Å². The maximum Gasteiger partial charge on any atom is 0.200 e. The smallest absolute Gasteiger partial charge is 0.200 e. The monoisotopic (exact) mass is 446 g/mol. The van der Waals surface area contributed by atoms with E-state index in [1.165, 1.54) is 24.3 Å². The topological polar surface area (TPSA) is 18.5 Å². The molecule has 32 heavy (non-hydrogen) atoms. The second-order valence-electron chi connectivity index (χ2n) is 7.43. The molecule has 0 aromatic heterocycles. The zero-order valence-electron chi connectivity index (χ0n) is 19.3. The van der Waals surface area contributed by atoms with Gasteiger partial charge in [0.05, 0.1) is 6.10 Å². The molecule has 1 unspecified atom stereocenters. The Balaban J connectivity index is 5.16. The Kier molecular flexibility index (Phi) is 12.8. The average molecular weight is 447 g/mol. The molecule has 5 heteroatoms. The molecule has 1 atom stereocenters. The van der Waals surface area contributed by atoms with E-state index in [0.29, 0.717) is 18.1 Å². The SMILES string of the molecule is C=CCOC(=C)/C(F)=C(/F)C(=C)C(=C)/C=C\C(=C)C(=C)/C=C(/F)C(=C)C(C)OCC(C)C. The molecule has 0 aliphatic heterocycles. The molecule has 0 aromatic carbocycles. The fourth-order valence-corrected chi connectivity index (χ4v) is 2.00. The van der Waals surface area contributed by atoms with Crippen LogP contribution in [-0.4, -0.2) is 19.3 Å². The van der Waals surface area contributed by atoms with Crippen LogP contribution in [0.3, 0.4) is 0 Å². The lowest BCUT2D eigenvalue weighted by Gasteiger charge is -2.16. The Bertz CT molecular complexity index is 883. The standard InChI is InChI=1S/C27H33F3O2/c1-11-14-31-24(10)27(30)26(29)21(7)19(5)13-12-18(4)20(6)15-25(28)22(8)23(9)32-16-17(2)3/h11-13,15,17,23H,1,4-8,10,14,16H2,2-3,9H3/b13-12-,25-15+,27-26-. The largest absolute Gasteiger partial charge is 0.487 e. The van der Waals surface area contributed by atoms with E-state index in [0.717, 1.165) is 0 Å². The zero-order valence-corrected chi connectivity index (χ0v) is 19.3. The first-order valence-electron chi connectivity index (χ1n) is 9.94. The summed E-state index contributed by atoms with van der Waals surface area (Å²) in [5.41, 5.74) is 0.561. The van der Waals surface area contributed by atoms with Crippen LogP contribution in [-0.2, 0) is 9.47 Å². The van der Waals surface area contributed by atoms with Gasteiger partial charge in [0.25, 0.3) is 0 Å². The average Bonchev–Trinajstić information content (AvgIpc) is 2.76. The van der Waals surface area contributed by atoms with Crippen molar-refractivity contribution in [1.82, 2.24) is 0 Å². The number of rotatable bonds is 15. The highest BCUT2D eigenvalue weighted by Gasteiger charge is 2.16. The highest BCUT2D eigenvalue weighted by molar-refractivity contribution is 5.52. The molecule has 0 aromatic rings. The highest BCUT2D eigenvalue weighted by atomic mass is 19.2. The Morgan fingerprint density at radius 1 is 0.844 bits per heavy atom. The molecule has 0 radical (unpaired) electrons. The summed E-state index contributed by atoms with van der Waals surface area (Å²) < 4.78 is 53.2. The summed E-state index contributed by atoms with van der Waals surface area (Å²) in [7, 11) is 0. The van der Waals surface area contributed by atoms with Crippen molar-refractivity contribution >= 4 is 0 Å². The maximum atomic E-state index is 14.5. The van der Waals surface area contributed by atoms with Crippen molar-refractivity contribution < 1.29 is 22.6 Å². The Hall–Kier alpha value is -3.05. The van der Waals surface area contributed by atoms with E-state index >= 15 is 0 Å². The minimum atomic E-state index is -1.29. The minimum Gasteiger partial charge on any atom is -0.487 e. The van der Waals surface area contributed by atoms with Gasteiger partial charge < -0.3 is 9.47 Å². The molecule has 0 aliphatic carbocycles. The number of halogens is 3. The third kappa shape index (κ3) is 9.84. The van der Waals surface area contributed by atoms with Gasteiger partial charge in [0.2, 0.25) is 5.83 Å². The molecule has 0 bridgehead atoms. The minimum absolute atomic E-state index is 0.0199. The van der Waals surface area contributed by atoms with E-state index in [-0.39, 0.29) is 28.9 Å².